The minimum atomic E-state index is -0.488. The van der Waals surface area contributed by atoms with E-state index in [2.05, 4.69) is 15.9 Å². The van der Waals surface area contributed by atoms with Gasteiger partial charge in [0.05, 0.1) is 5.02 Å². The Kier molecular flexibility index (Phi) is 4.77. The summed E-state index contributed by atoms with van der Waals surface area (Å²) in [6.45, 7) is 0.126. The molecule has 0 amide bonds. The zero-order chi connectivity index (χ0) is 13.8. The molecule has 0 atom stereocenters. The molecule has 0 N–H and O–H groups in total. The maximum atomic E-state index is 13.7. The maximum Gasteiger partial charge on any atom is 0.165 e. The number of hydrogen-bond donors (Lipinski definition) is 0. The number of halogens is 4. The molecule has 0 saturated carbocycles. The van der Waals surface area contributed by atoms with Crippen molar-refractivity contribution in [2.45, 2.75) is 11.9 Å². The summed E-state index contributed by atoms with van der Waals surface area (Å²) in [6, 6.07) is 8.99. The van der Waals surface area contributed by atoms with Gasteiger partial charge in [0.15, 0.2) is 11.6 Å². The SMILES string of the molecule is Fc1ccc(COc2c(F)cccc2CBr)cc1Cl. The van der Waals surface area contributed by atoms with Gasteiger partial charge in [0, 0.05) is 10.9 Å². The number of ether oxygens (including phenoxy) is 1. The van der Waals surface area contributed by atoms with E-state index in [4.69, 9.17) is 16.3 Å². The molecule has 0 aromatic heterocycles. The molecule has 0 saturated heterocycles. The molecule has 1 nitrogen and oxygen atoms in total. The second-order valence-electron chi connectivity index (χ2n) is 3.90. The fourth-order valence-corrected chi connectivity index (χ4v) is 2.25. The Morgan fingerprint density at radius 3 is 2.58 bits per heavy atom. The molecule has 2 aromatic carbocycles. The molecular weight excluding hydrogens is 338 g/mol. The van der Waals surface area contributed by atoms with Gasteiger partial charge in [-0.2, -0.15) is 0 Å². The van der Waals surface area contributed by atoms with Crippen molar-refractivity contribution in [3.05, 3.63) is 64.2 Å². The average Bonchev–Trinajstić information content (AvgIpc) is 2.41. The Labute approximate surface area is 123 Å². The first-order valence-electron chi connectivity index (χ1n) is 5.52. The summed E-state index contributed by atoms with van der Waals surface area (Å²) in [7, 11) is 0. The van der Waals surface area contributed by atoms with Gasteiger partial charge in [0.25, 0.3) is 0 Å². The van der Waals surface area contributed by atoms with Crippen LogP contribution < -0.4 is 4.74 Å². The summed E-state index contributed by atoms with van der Waals surface area (Å²) in [4.78, 5) is 0. The van der Waals surface area contributed by atoms with Gasteiger partial charge in [-0.3, -0.25) is 0 Å². The normalized spacial score (nSPS) is 10.5. The predicted molar refractivity (Wildman–Crippen MR) is 74.8 cm³/mol. The second-order valence-corrected chi connectivity index (χ2v) is 4.87. The van der Waals surface area contributed by atoms with E-state index in [9.17, 15) is 8.78 Å². The number of hydrogen-bond acceptors (Lipinski definition) is 1. The fraction of sp³-hybridized carbons (Fsp3) is 0.143. The van der Waals surface area contributed by atoms with Crippen LogP contribution in [0.25, 0.3) is 0 Å². The first-order chi connectivity index (χ1) is 9.11. The lowest BCUT2D eigenvalue weighted by atomic mass is 10.2. The Hall–Kier alpha value is -1.13. The third-order valence-electron chi connectivity index (χ3n) is 2.56. The summed E-state index contributed by atoms with van der Waals surface area (Å²) in [6.07, 6.45) is 0. The van der Waals surface area contributed by atoms with E-state index < -0.39 is 11.6 Å². The lowest BCUT2D eigenvalue weighted by molar-refractivity contribution is 0.288. The summed E-state index contributed by atoms with van der Waals surface area (Å²) in [5.74, 6) is -0.720. The number of alkyl halides is 1. The highest BCUT2D eigenvalue weighted by atomic mass is 79.9. The minimum absolute atomic E-state index is 0.0235. The van der Waals surface area contributed by atoms with Crippen LogP contribution in [0.5, 0.6) is 5.75 Å². The van der Waals surface area contributed by atoms with E-state index in [1.54, 1.807) is 18.2 Å². The van der Waals surface area contributed by atoms with Crippen LogP contribution in [0.4, 0.5) is 8.78 Å². The lowest BCUT2D eigenvalue weighted by Crippen LogP contribution is -2.00. The van der Waals surface area contributed by atoms with E-state index in [1.165, 1.54) is 18.2 Å². The second kappa shape index (κ2) is 6.35. The highest BCUT2D eigenvalue weighted by molar-refractivity contribution is 9.08. The van der Waals surface area contributed by atoms with Gasteiger partial charge < -0.3 is 4.74 Å². The molecule has 0 unspecified atom stereocenters. The third kappa shape index (κ3) is 3.45. The molecule has 0 aliphatic carbocycles. The molecule has 19 heavy (non-hydrogen) atoms. The van der Waals surface area contributed by atoms with Gasteiger partial charge in [0.1, 0.15) is 12.4 Å². The van der Waals surface area contributed by atoms with Gasteiger partial charge in [0.2, 0.25) is 0 Å². The van der Waals surface area contributed by atoms with Crippen molar-refractivity contribution in [1.29, 1.82) is 0 Å². The fourth-order valence-electron chi connectivity index (χ4n) is 1.61. The zero-order valence-corrected chi connectivity index (χ0v) is 12.1. The van der Waals surface area contributed by atoms with Gasteiger partial charge >= 0.3 is 0 Å². The molecule has 0 aliphatic rings. The smallest absolute Gasteiger partial charge is 0.165 e. The number of benzene rings is 2. The summed E-state index contributed by atoms with van der Waals surface area (Å²) < 4.78 is 32.1. The monoisotopic (exact) mass is 346 g/mol. The van der Waals surface area contributed by atoms with Crippen LogP contribution in [0.2, 0.25) is 5.02 Å². The molecule has 0 bridgehead atoms. The molecule has 5 heteroatoms. The van der Waals surface area contributed by atoms with Crippen molar-refractivity contribution in [3.8, 4) is 5.75 Å². The van der Waals surface area contributed by atoms with Crippen LogP contribution in [0.1, 0.15) is 11.1 Å². The van der Waals surface area contributed by atoms with Crippen molar-refractivity contribution < 1.29 is 13.5 Å². The number of rotatable bonds is 4. The maximum absolute atomic E-state index is 13.7. The van der Waals surface area contributed by atoms with Crippen LogP contribution in [0, 0.1) is 11.6 Å². The van der Waals surface area contributed by atoms with Gasteiger partial charge in [-0.1, -0.05) is 45.7 Å². The van der Waals surface area contributed by atoms with Crippen molar-refractivity contribution >= 4 is 27.5 Å². The first-order valence-corrected chi connectivity index (χ1v) is 7.02. The van der Waals surface area contributed by atoms with Crippen LogP contribution in [0.3, 0.4) is 0 Å². The van der Waals surface area contributed by atoms with E-state index in [-0.39, 0.29) is 17.4 Å². The van der Waals surface area contributed by atoms with Gasteiger partial charge in [-0.15, -0.1) is 0 Å². The average molecular weight is 348 g/mol. The molecule has 2 aromatic rings. The summed E-state index contributed by atoms with van der Waals surface area (Å²) in [5, 5.41) is 0.514. The van der Waals surface area contributed by atoms with E-state index in [0.29, 0.717) is 16.5 Å². The van der Waals surface area contributed by atoms with Crippen LogP contribution >= 0.6 is 27.5 Å². The Bertz CT molecular complexity index is 590. The molecule has 100 valence electrons. The van der Waals surface area contributed by atoms with Crippen molar-refractivity contribution in [1.82, 2.24) is 0 Å². The molecule has 0 heterocycles. The highest BCUT2D eigenvalue weighted by Gasteiger charge is 2.09. The van der Waals surface area contributed by atoms with Crippen molar-refractivity contribution in [2.24, 2.45) is 0 Å². The zero-order valence-electron chi connectivity index (χ0n) is 9.80. The minimum Gasteiger partial charge on any atom is -0.486 e. The predicted octanol–water partition coefficient (Wildman–Crippen LogP) is 5.09. The van der Waals surface area contributed by atoms with E-state index in [1.807, 2.05) is 0 Å². The van der Waals surface area contributed by atoms with Crippen LogP contribution in [-0.2, 0) is 11.9 Å². The Morgan fingerprint density at radius 1 is 1.11 bits per heavy atom. The first kappa shape index (κ1) is 14.3. The molecular formula is C14H10BrClF2O. The van der Waals surface area contributed by atoms with Crippen molar-refractivity contribution in [3.63, 3.8) is 0 Å². The van der Waals surface area contributed by atoms with Gasteiger partial charge in [-0.25, -0.2) is 8.78 Å². The molecule has 0 aliphatic heterocycles. The topological polar surface area (TPSA) is 9.23 Å². The van der Waals surface area contributed by atoms with Crippen LogP contribution in [0.15, 0.2) is 36.4 Å². The molecule has 2 rings (SSSR count). The summed E-state index contributed by atoms with van der Waals surface area (Å²) in [5.41, 5.74) is 1.39. The van der Waals surface area contributed by atoms with E-state index >= 15 is 0 Å². The Morgan fingerprint density at radius 2 is 1.89 bits per heavy atom. The summed E-state index contributed by atoms with van der Waals surface area (Å²) >= 11 is 8.95. The largest absolute Gasteiger partial charge is 0.486 e. The van der Waals surface area contributed by atoms with Crippen molar-refractivity contribution in [2.75, 3.05) is 0 Å². The van der Waals surface area contributed by atoms with Crippen LogP contribution in [-0.4, -0.2) is 0 Å². The standard InChI is InChI=1S/C14H10BrClF2O/c15-7-10-2-1-3-13(18)14(10)19-8-9-4-5-12(17)11(16)6-9/h1-6H,7-8H2. The third-order valence-corrected chi connectivity index (χ3v) is 3.45. The number of para-hydroxylation sites is 1. The van der Waals surface area contributed by atoms with Gasteiger partial charge in [-0.05, 0) is 23.8 Å². The molecule has 0 fully saturated rings. The highest BCUT2D eigenvalue weighted by Crippen LogP contribution is 2.26. The quantitative estimate of drug-likeness (QED) is 0.700. The molecule has 0 spiro atoms. The van der Waals surface area contributed by atoms with E-state index in [0.717, 1.165) is 0 Å². The Balaban J connectivity index is 2.16. The lowest BCUT2D eigenvalue weighted by Gasteiger charge is -2.11. The molecule has 0 radical (unpaired) electrons.